The van der Waals surface area contributed by atoms with Crippen LogP contribution in [-0.2, 0) is 0 Å². The number of rotatable bonds is 8. The van der Waals surface area contributed by atoms with Crippen LogP contribution in [0.5, 0.6) is 0 Å². The average Bonchev–Trinajstić information content (AvgIpc) is 2.32. The number of hydrogen-bond acceptors (Lipinski definition) is 3. The van der Waals surface area contributed by atoms with Crippen LogP contribution < -0.4 is 5.32 Å². The molecule has 1 rings (SSSR count). The number of hydrogen-bond donors (Lipinski definition) is 2. The first-order valence-electron chi connectivity index (χ1n) is 6.90. The Bertz CT molecular complexity index is 138. The van der Waals surface area contributed by atoms with Gasteiger partial charge in [-0.25, -0.2) is 0 Å². The molecular formula is C13H28N2O. The molecule has 0 aromatic heterocycles. The van der Waals surface area contributed by atoms with Gasteiger partial charge in [0.15, 0.2) is 0 Å². The van der Waals surface area contributed by atoms with E-state index in [0.29, 0.717) is 6.61 Å². The monoisotopic (exact) mass is 228 g/mol. The number of aliphatic hydroxyl groups is 1. The lowest BCUT2D eigenvalue weighted by molar-refractivity contribution is 0.174. The zero-order chi connectivity index (χ0) is 11.6. The Morgan fingerprint density at radius 2 is 2.00 bits per heavy atom. The van der Waals surface area contributed by atoms with E-state index < -0.39 is 0 Å². The van der Waals surface area contributed by atoms with Gasteiger partial charge in [-0.1, -0.05) is 6.92 Å². The summed E-state index contributed by atoms with van der Waals surface area (Å²) in [4.78, 5) is 2.55. The summed E-state index contributed by atoms with van der Waals surface area (Å²) in [5.74, 6) is 0.889. The van der Waals surface area contributed by atoms with E-state index in [4.69, 9.17) is 5.11 Å². The van der Waals surface area contributed by atoms with Crippen molar-refractivity contribution in [2.45, 2.75) is 39.0 Å². The van der Waals surface area contributed by atoms with Crippen LogP contribution in [0, 0.1) is 5.92 Å². The molecule has 1 heterocycles. The Morgan fingerprint density at radius 3 is 2.62 bits per heavy atom. The lowest BCUT2D eigenvalue weighted by Gasteiger charge is -2.32. The van der Waals surface area contributed by atoms with Gasteiger partial charge in [-0.2, -0.15) is 0 Å². The summed E-state index contributed by atoms with van der Waals surface area (Å²) in [6.07, 6.45) is 6.03. The first-order valence-corrected chi connectivity index (χ1v) is 6.90. The van der Waals surface area contributed by atoms with Crippen LogP contribution in [0.1, 0.15) is 39.0 Å². The average molecular weight is 228 g/mol. The van der Waals surface area contributed by atoms with Gasteiger partial charge in [0.2, 0.25) is 0 Å². The van der Waals surface area contributed by atoms with E-state index in [1.54, 1.807) is 0 Å². The second-order valence-electron chi connectivity index (χ2n) is 4.92. The van der Waals surface area contributed by atoms with E-state index in [1.165, 1.54) is 45.4 Å². The molecule has 0 spiro atoms. The minimum atomic E-state index is 0.345. The molecule has 0 aromatic rings. The van der Waals surface area contributed by atoms with Crippen molar-refractivity contribution in [1.29, 1.82) is 0 Å². The fraction of sp³-hybridized carbons (Fsp3) is 1.00. The highest BCUT2D eigenvalue weighted by molar-refractivity contribution is 4.73. The van der Waals surface area contributed by atoms with E-state index in [0.717, 1.165) is 25.3 Å². The number of nitrogens with one attached hydrogen (secondary N) is 1. The van der Waals surface area contributed by atoms with E-state index in [1.807, 2.05) is 0 Å². The highest BCUT2D eigenvalue weighted by atomic mass is 16.2. The van der Waals surface area contributed by atoms with E-state index in [-0.39, 0.29) is 0 Å². The third kappa shape index (κ3) is 5.83. The summed E-state index contributed by atoms with van der Waals surface area (Å²) >= 11 is 0. The van der Waals surface area contributed by atoms with Crippen molar-refractivity contribution in [1.82, 2.24) is 10.2 Å². The van der Waals surface area contributed by atoms with Crippen molar-refractivity contribution in [2.24, 2.45) is 5.92 Å². The predicted octanol–water partition coefficient (Wildman–Crippen LogP) is 1.47. The molecule has 3 heteroatoms. The smallest absolute Gasteiger partial charge is 0.0431 e. The molecule has 0 saturated carbocycles. The van der Waals surface area contributed by atoms with Crippen molar-refractivity contribution in [3.8, 4) is 0 Å². The molecular weight excluding hydrogens is 200 g/mol. The van der Waals surface area contributed by atoms with Gasteiger partial charge in [-0.05, 0) is 70.7 Å². The van der Waals surface area contributed by atoms with E-state index in [2.05, 4.69) is 17.1 Å². The van der Waals surface area contributed by atoms with Crippen LogP contribution in [0.3, 0.4) is 0 Å². The molecule has 1 aliphatic rings. The molecule has 96 valence electrons. The van der Waals surface area contributed by atoms with Crippen LogP contribution >= 0.6 is 0 Å². The molecule has 1 fully saturated rings. The number of unbranched alkanes of at least 4 members (excludes halogenated alkanes) is 1. The summed E-state index contributed by atoms with van der Waals surface area (Å²) in [6, 6.07) is 0. The molecule has 0 amide bonds. The fourth-order valence-corrected chi connectivity index (χ4v) is 2.34. The van der Waals surface area contributed by atoms with Crippen molar-refractivity contribution < 1.29 is 5.11 Å². The van der Waals surface area contributed by atoms with Crippen molar-refractivity contribution >= 4 is 0 Å². The van der Waals surface area contributed by atoms with Gasteiger partial charge in [0.25, 0.3) is 0 Å². The standard InChI is InChI=1S/C13H28N2O/c1-2-7-14-12-13-5-9-15(10-6-13)8-3-4-11-16/h13-14,16H,2-12H2,1H3. The van der Waals surface area contributed by atoms with Crippen molar-refractivity contribution in [3.05, 3.63) is 0 Å². The van der Waals surface area contributed by atoms with Crippen LogP contribution in [0.25, 0.3) is 0 Å². The zero-order valence-corrected chi connectivity index (χ0v) is 10.7. The zero-order valence-electron chi connectivity index (χ0n) is 10.7. The molecule has 16 heavy (non-hydrogen) atoms. The Morgan fingerprint density at radius 1 is 1.25 bits per heavy atom. The maximum absolute atomic E-state index is 8.73. The fourth-order valence-electron chi connectivity index (χ4n) is 2.34. The van der Waals surface area contributed by atoms with E-state index in [9.17, 15) is 0 Å². The summed E-state index contributed by atoms with van der Waals surface area (Å²) in [7, 11) is 0. The minimum Gasteiger partial charge on any atom is -0.396 e. The third-order valence-electron chi connectivity index (χ3n) is 3.45. The molecule has 0 aromatic carbocycles. The molecule has 0 aliphatic carbocycles. The van der Waals surface area contributed by atoms with Gasteiger partial charge in [-0.3, -0.25) is 0 Å². The number of nitrogens with zero attached hydrogens (tertiary/aromatic N) is 1. The molecule has 2 N–H and O–H groups in total. The normalized spacial score (nSPS) is 19.1. The first kappa shape index (κ1) is 13.9. The van der Waals surface area contributed by atoms with Crippen LogP contribution in [0.15, 0.2) is 0 Å². The number of likely N-dealkylation sites (tertiary alicyclic amines) is 1. The number of aliphatic hydroxyl groups excluding tert-OH is 1. The molecule has 0 radical (unpaired) electrons. The summed E-state index contributed by atoms with van der Waals surface area (Å²) in [5.41, 5.74) is 0. The topological polar surface area (TPSA) is 35.5 Å². The van der Waals surface area contributed by atoms with Crippen molar-refractivity contribution in [3.63, 3.8) is 0 Å². The molecule has 0 atom stereocenters. The highest BCUT2D eigenvalue weighted by Crippen LogP contribution is 2.16. The second-order valence-corrected chi connectivity index (χ2v) is 4.92. The first-order chi connectivity index (χ1) is 7.86. The van der Waals surface area contributed by atoms with E-state index >= 15 is 0 Å². The van der Waals surface area contributed by atoms with Gasteiger partial charge in [0, 0.05) is 6.61 Å². The molecule has 0 bridgehead atoms. The molecule has 1 saturated heterocycles. The van der Waals surface area contributed by atoms with Gasteiger partial charge in [0.05, 0.1) is 0 Å². The second kappa shape index (κ2) is 8.97. The Balaban J connectivity index is 2.00. The summed E-state index contributed by atoms with van der Waals surface area (Å²) in [5, 5.41) is 12.3. The van der Waals surface area contributed by atoms with Crippen LogP contribution in [0.4, 0.5) is 0 Å². The SMILES string of the molecule is CCCNCC1CCN(CCCCO)CC1. The largest absolute Gasteiger partial charge is 0.396 e. The Kier molecular flexibility index (Phi) is 7.81. The minimum absolute atomic E-state index is 0.345. The van der Waals surface area contributed by atoms with Gasteiger partial charge < -0.3 is 15.3 Å². The molecule has 1 aliphatic heterocycles. The lowest BCUT2D eigenvalue weighted by atomic mass is 9.96. The van der Waals surface area contributed by atoms with Gasteiger partial charge in [0.1, 0.15) is 0 Å². The third-order valence-corrected chi connectivity index (χ3v) is 3.45. The molecule has 3 nitrogen and oxygen atoms in total. The molecule has 0 unspecified atom stereocenters. The van der Waals surface area contributed by atoms with Crippen LogP contribution in [-0.4, -0.2) is 49.3 Å². The van der Waals surface area contributed by atoms with Gasteiger partial charge in [-0.15, -0.1) is 0 Å². The summed E-state index contributed by atoms with van der Waals surface area (Å²) < 4.78 is 0. The van der Waals surface area contributed by atoms with Crippen LogP contribution in [0.2, 0.25) is 0 Å². The predicted molar refractivity (Wildman–Crippen MR) is 68.6 cm³/mol. The quantitative estimate of drug-likeness (QED) is 0.618. The lowest BCUT2D eigenvalue weighted by Crippen LogP contribution is -2.37. The maximum Gasteiger partial charge on any atom is 0.0431 e. The summed E-state index contributed by atoms with van der Waals surface area (Å²) in [6.45, 7) is 8.62. The maximum atomic E-state index is 8.73. The Hall–Kier alpha value is -0.120. The highest BCUT2D eigenvalue weighted by Gasteiger charge is 2.17. The number of piperidine rings is 1. The van der Waals surface area contributed by atoms with Gasteiger partial charge >= 0.3 is 0 Å². The Labute approximate surface area is 100 Å². The van der Waals surface area contributed by atoms with Crippen molar-refractivity contribution in [2.75, 3.05) is 39.3 Å².